The summed E-state index contributed by atoms with van der Waals surface area (Å²) in [5.41, 5.74) is 1.92. The lowest BCUT2D eigenvalue weighted by atomic mass is 10.1. The van der Waals surface area contributed by atoms with Crippen LogP contribution < -0.4 is 10.6 Å². The first-order valence-corrected chi connectivity index (χ1v) is 10.2. The van der Waals surface area contributed by atoms with Gasteiger partial charge >= 0.3 is 0 Å². The molecular weight excluding hydrogens is 425 g/mol. The molecule has 0 bridgehead atoms. The summed E-state index contributed by atoms with van der Waals surface area (Å²) in [5.74, 6) is -0.616. The van der Waals surface area contributed by atoms with Gasteiger partial charge in [0.2, 0.25) is 11.9 Å². The van der Waals surface area contributed by atoms with E-state index in [1.54, 1.807) is 53.8 Å². The van der Waals surface area contributed by atoms with Crippen molar-refractivity contribution in [3.8, 4) is 5.82 Å². The van der Waals surface area contributed by atoms with Crippen LogP contribution >= 0.6 is 0 Å². The number of aromatic nitrogens is 5. The zero-order chi connectivity index (χ0) is 23.8. The van der Waals surface area contributed by atoms with Gasteiger partial charge in [-0.15, -0.1) is 0 Å². The Bertz CT molecular complexity index is 1350. The Balaban J connectivity index is 1.65. The van der Waals surface area contributed by atoms with Gasteiger partial charge in [-0.2, -0.15) is 10.1 Å². The molecule has 4 aromatic rings. The van der Waals surface area contributed by atoms with Gasteiger partial charge in [-0.25, -0.2) is 9.37 Å². The third-order valence-electron chi connectivity index (χ3n) is 4.85. The number of nitrogens with one attached hydrogen (secondary N) is 2. The smallest absolute Gasteiger partial charge is 0.247 e. The molecule has 3 heterocycles. The van der Waals surface area contributed by atoms with Crippen molar-refractivity contribution in [1.29, 1.82) is 0 Å². The van der Waals surface area contributed by atoms with Crippen LogP contribution in [0.5, 0.6) is 0 Å². The van der Waals surface area contributed by atoms with E-state index in [9.17, 15) is 14.3 Å². The zero-order valence-corrected chi connectivity index (χ0v) is 18.5. The van der Waals surface area contributed by atoms with Crippen molar-refractivity contribution in [3.05, 3.63) is 67.0 Å². The van der Waals surface area contributed by atoms with Crippen LogP contribution in [-0.4, -0.2) is 40.9 Å². The normalized spacial score (nSPS) is 11.5. The molecule has 0 saturated carbocycles. The topological polar surface area (TPSA) is 110 Å². The van der Waals surface area contributed by atoms with Gasteiger partial charge < -0.3 is 15.7 Å². The summed E-state index contributed by atoms with van der Waals surface area (Å²) in [6.45, 7) is 9.04. The van der Waals surface area contributed by atoms with Crippen LogP contribution in [0.4, 0.5) is 21.7 Å². The Hall–Kier alpha value is -4.05. The molecule has 170 valence electrons. The van der Waals surface area contributed by atoms with E-state index in [1.807, 2.05) is 13.0 Å². The molecular formula is C23H24FN7O2. The van der Waals surface area contributed by atoms with Crippen molar-refractivity contribution in [2.75, 3.05) is 10.6 Å². The molecule has 9 nitrogen and oxygen atoms in total. The Kier molecular flexibility index (Phi) is 5.69. The summed E-state index contributed by atoms with van der Waals surface area (Å²) in [6.07, 6.45) is 7.36. The standard InChI is InChI=1S/C23H24FN7O2/c1-5-20(32)27-15-6-7-19-17(8-15)14(2)11-31(19)21-18(24)10-25-22(29-21)28-16-9-26-30(12-16)13-23(3,4)33/h5-12,33H,1,13H2,2-4H3,(H,27,32)(H,25,28,29). The molecule has 3 aromatic heterocycles. The summed E-state index contributed by atoms with van der Waals surface area (Å²) in [6, 6.07) is 5.34. The van der Waals surface area contributed by atoms with Crippen LogP contribution in [0.1, 0.15) is 19.4 Å². The van der Waals surface area contributed by atoms with Crippen LogP contribution in [0.2, 0.25) is 0 Å². The maximum atomic E-state index is 14.7. The average Bonchev–Trinajstić information content (AvgIpc) is 3.31. The van der Waals surface area contributed by atoms with Gasteiger partial charge in [-0.3, -0.25) is 14.0 Å². The lowest BCUT2D eigenvalue weighted by molar-refractivity contribution is -0.111. The fourth-order valence-electron chi connectivity index (χ4n) is 3.47. The van der Waals surface area contributed by atoms with Crippen LogP contribution in [-0.2, 0) is 11.3 Å². The Morgan fingerprint density at radius 2 is 2.06 bits per heavy atom. The highest BCUT2D eigenvalue weighted by molar-refractivity contribution is 6.00. The molecule has 0 atom stereocenters. The van der Waals surface area contributed by atoms with Gasteiger partial charge in [0, 0.05) is 23.5 Å². The average molecular weight is 449 g/mol. The summed E-state index contributed by atoms with van der Waals surface area (Å²) >= 11 is 0. The van der Waals surface area contributed by atoms with Gasteiger partial charge in [0.05, 0.1) is 35.7 Å². The van der Waals surface area contributed by atoms with E-state index >= 15 is 0 Å². The number of aliphatic hydroxyl groups is 1. The molecule has 1 aromatic carbocycles. The molecule has 0 radical (unpaired) electrons. The number of fused-ring (bicyclic) bond motifs is 1. The van der Waals surface area contributed by atoms with E-state index in [2.05, 4.69) is 32.3 Å². The SMILES string of the molecule is C=CC(=O)Nc1ccc2c(c1)c(C)cn2-c1nc(Nc2cnn(CC(C)(C)O)c2)ncc1F. The molecule has 0 unspecified atom stereocenters. The van der Waals surface area contributed by atoms with E-state index in [-0.39, 0.29) is 17.7 Å². The number of hydrogen-bond acceptors (Lipinski definition) is 6. The second-order valence-corrected chi connectivity index (χ2v) is 8.34. The van der Waals surface area contributed by atoms with Crippen molar-refractivity contribution in [2.45, 2.75) is 32.9 Å². The Labute approximate surface area is 189 Å². The monoisotopic (exact) mass is 449 g/mol. The summed E-state index contributed by atoms with van der Waals surface area (Å²) in [5, 5.41) is 20.7. The number of nitrogens with zero attached hydrogens (tertiary/aromatic N) is 5. The zero-order valence-electron chi connectivity index (χ0n) is 18.5. The van der Waals surface area contributed by atoms with Crippen molar-refractivity contribution >= 4 is 34.1 Å². The van der Waals surface area contributed by atoms with E-state index in [1.165, 1.54) is 6.08 Å². The molecule has 4 rings (SSSR count). The number of aryl methyl sites for hydroxylation is 1. The number of halogens is 1. The van der Waals surface area contributed by atoms with Crippen molar-refractivity contribution in [2.24, 2.45) is 0 Å². The number of hydrogen-bond donors (Lipinski definition) is 3. The number of rotatable bonds is 7. The van der Waals surface area contributed by atoms with Gasteiger partial charge in [0.15, 0.2) is 11.6 Å². The third kappa shape index (κ3) is 4.90. The molecule has 0 fully saturated rings. The summed E-state index contributed by atoms with van der Waals surface area (Å²) < 4.78 is 18.0. The van der Waals surface area contributed by atoms with Crippen LogP contribution in [0.15, 0.2) is 55.6 Å². The van der Waals surface area contributed by atoms with Gasteiger partial charge in [0.25, 0.3) is 0 Å². The highest BCUT2D eigenvalue weighted by Gasteiger charge is 2.16. The van der Waals surface area contributed by atoms with E-state index in [4.69, 9.17) is 0 Å². The second-order valence-electron chi connectivity index (χ2n) is 8.34. The fraction of sp³-hybridized carbons (Fsp3) is 0.217. The first-order chi connectivity index (χ1) is 15.6. The van der Waals surface area contributed by atoms with E-state index in [0.29, 0.717) is 17.9 Å². The van der Waals surface area contributed by atoms with Crippen molar-refractivity contribution in [1.82, 2.24) is 24.3 Å². The maximum absolute atomic E-state index is 14.7. The Morgan fingerprint density at radius 1 is 1.27 bits per heavy atom. The third-order valence-corrected chi connectivity index (χ3v) is 4.85. The number of benzene rings is 1. The van der Waals surface area contributed by atoms with Gasteiger partial charge in [-0.05, 0) is 50.6 Å². The minimum atomic E-state index is -0.912. The number of amides is 1. The molecule has 3 N–H and O–H groups in total. The highest BCUT2D eigenvalue weighted by Crippen LogP contribution is 2.28. The molecule has 0 spiro atoms. The van der Waals surface area contributed by atoms with Crippen molar-refractivity contribution < 1.29 is 14.3 Å². The second kappa shape index (κ2) is 8.47. The first-order valence-electron chi connectivity index (χ1n) is 10.2. The molecule has 33 heavy (non-hydrogen) atoms. The van der Waals surface area contributed by atoms with Crippen LogP contribution in [0.3, 0.4) is 0 Å². The number of carbonyl (C=O) groups excluding carboxylic acids is 1. The largest absolute Gasteiger partial charge is 0.389 e. The molecule has 0 aliphatic heterocycles. The first kappa shape index (κ1) is 22.2. The fourth-order valence-corrected chi connectivity index (χ4v) is 3.47. The molecule has 10 heteroatoms. The minimum absolute atomic E-state index is 0.0809. The highest BCUT2D eigenvalue weighted by atomic mass is 19.1. The lowest BCUT2D eigenvalue weighted by Crippen LogP contribution is -2.26. The summed E-state index contributed by atoms with van der Waals surface area (Å²) in [4.78, 5) is 20.0. The van der Waals surface area contributed by atoms with E-state index < -0.39 is 11.4 Å². The van der Waals surface area contributed by atoms with Crippen molar-refractivity contribution in [3.63, 3.8) is 0 Å². The number of carbonyl (C=O) groups is 1. The van der Waals surface area contributed by atoms with Gasteiger partial charge in [0.1, 0.15) is 0 Å². The Morgan fingerprint density at radius 3 is 2.79 bits per heavy atom. The predicted octanol–water partition coefficient (Wildman–Crippen LogP) is 3.70. The number of anilines is 3. The van der Waals surface area contributed by atoms with Gasteiger partial charge in [-0.1, -0.05) is 6.58 Å². The van der Waals surface area contributed by atoms with E-state index in [0.717, 1.165) is 22.7 Å². The molecule has 0 saturated heterocycles. The molecule has 0 aliphatic carbocycles. The minimum Gasteiger partial charge on any atom is -0.389 e. The lowest BCUT2D eigenvalue weighted by Gasteiger charge is -2.16. The molecule has 1 amide bonds. The molecule has 0 aliphatic rings. The van der Waals surface area contributed by atoms with Crippen LogP contribution in [0.25, 0.3) is 16.7 Å². The quantitative estimate of drug-likeness (QED) is 0.371. The summed E-state index contributed by atoms with van der Waals surface area (Å²) in [7, 11) is 0. The van der Waals surface area contributed by atoms with Crippen LogP contribution in [0, 0.1) is 12.7 Å². The maximum Gasteiger partial charge on any atom is 0.247 e. The predicted molar refractivity (Wildman–Crippen MR) is 124 cm³/mol.